The van der Waals surface area contributed by atoms with E-state index in [1.807, 2.05) is 36.4 Å². The normalized spacial score (nSPS) is 23.8. The lowest BCUT2D eigenvalue weighted by Gasteiger charge is -2.31. The van der Waals surface area contributed by atoms with Crippen LogP contribution in [-0.2, 0) is 30.2 Å². The topological polar surface area (TPSA) is 61.8 Å². The summed E-state index contributed by atoms with van der Waals surface area (Å²) < 4.78 is 16.1. The van der Waals surface area contributed by atoms with Crippen molar-refractivity contribution < 1.29 is 23.8 Å². The average Bonchev–Trinajstić information content (AvgIpc) is 2.48. The Labute approximate surface area is 129 Å². The number of benzene rings is 1. The predicted octanol–water partition coefficient (Wildman–Crippen LogP) is 2.05. The number of carbonyl (C=O) groups excluding carboxylic acids is 2. The van der Waals surface area contributed by atoms with E-state index in [2.05, 4.69) is 0 Å². The first-order valence-electron chi connectivity index (χ1n) is 7.23. The molecule has 0 bridgehead atoms. The van der Waals surface area contributed by atoms with Gasteiger partial charge in [0.1, 0.15) is 18.8 Å². The minimum atomic E-state index is -0.538. The second-order valence-electron chi connectivity index (χ2n) is 5.16. The zero-order chi connectivity index (χ0) is 15.9. The molecular formula is C17H20O5. The average molecular weight is 304 g/mol. The molecule has 1 aromatic rings. The van der Waals surface area contributed by atoms with Crippen LogP contribution in [0.4, 0.5) is 0 Å². The van der Waals surface area contributed by atoms with Gasteiger partial charge in [0.25, 0.3) is 0 Å². The van der Waals surface area contributed by atoms with E-state index in [1.165, 1.54) is 13.8 Å². The van der Waals surface area contributed by atoms with Crippen LogP contribution in [0.1, 0.15) is 19.4 Å². The maximum atomic E-state index is 11.1. The smallest absolute Gasteiger partial charge is 0.303 e. The molecule has 0 fully saturated rings. The van der Waals surface area contributed by atoms with Crippen LogP contribution in [-0.4, -0.2) is 36.9 Å². The van der Waals surface area contributed by atoms with E-state index in [4.69, 9.17) is 14.2 Å². The highest BCUT2D eigenvalue weighted by Gasteiger charge is 2.30. The summed E-state index contributed by atoms with van der Waals surface area (Å²) in [4.78, 5) is 22.1. The van der Waals surface area contributed by atoms with Gasteiger partial charge in [-0.1, -0.05) is 36.4 Å². The summed E-state index contributed by atoms with van der Waals surface area (Å²) in [5.74, 6) is -0.785. The van der Waals surface area contributed by atoms with E-state index in [9.17, 15) is 9.59 Å². The number of esters is 2. The summed E-state index contributed by atoms with van der Waals surface area (Å²) in [7, 11) is 0. The van der Waals surface area contributed by atoms with Crippen molar-refractivity contribution in [2.24, 2.45) is 0 Å². The highest BCUT2D eigenvalue weighted by Crippen LogP contribution is 2.20. The van der Waals surface area contributed by atoms with Crippen LogP contribution in [0.25, 0.3) is 0 Å². The van der Waals surface area contributed by atoms with Gasteiger partial charge >= 0.3 is 11.9 Å². The third kappa shape index (κ3) is 5.00. The SMILES string of the molecule is CC(=O)OC[C@H]1O[C@H](Cc2ccccc2)C=C[C@@H]1OC(C)=O. The zero-order valence-corrected chi connectivity index (χ0v) is 12.7. The number of rotatable bonds is 5. The minimum Gasteiger partial charge on any atom is -0.463 e. The Balaban J connectivity index is 2.02. The molecule has 0 N–H and O–H groups in total. The van der Waals surface area contributed by atoms with Crippen LogP contribution in [0.3, 0.4) is 0 Å². The molecule has 2 rings (SSSR count). The molecule has 5 heteroatoms. The Morgan fingerprint density at radius 2 is 1.82 bits per heavy atom. The molecular weight excluding hydrogens is 284 g/mol. The number of carbonyl (C=O) groups is 2. The van der Waals surface area contributed by atoms with Crippen molar-refractivity contribution in [3.63, 3.8) is 0 Å². The quantitative estimate of drug-likeness (QED) is 0.615. The van der Waals surface area contributed by atoms with Gasteiger partial charge in [0.05, 0.1) is 6.10 Å². The fourth-order valence-corrected chi connectivity index (χ4v) is 2.31. The lowest BCUT2D eigenvalue weighted by atomic mass is 10.0. The summed E-state index contributed by atoms with van der Waals surface area (Å²) in [6.45, 7) is 2.73. The van der Waals surface area contributed by atoms with E-state index in [0.717, 1.165) is 5.56 Å². The van der Waals surface area contributed by atoms with Gasteiger partial charge in [-0.15, -0.1) is 0 Å². The molecule has 0 aromatic heterocycles. The molecule has 1 aliphatic heterocycles. The first kappa shape index (κ1) is 16.2. The van der Waals surface area contributed by atoms with Crippen LogP contribution < -0.4 is 0 Å². The number of hydrogen-bond donors (Lipinski definition) is 0. The second kappa shape index (κ2) is 7.75. The molecule has 5 nitrogen and oxygen atoms in total. The summed E-state index contributed by atoms with van der Waals surface area (Å²) in [6, 6.07) is 9.95. The summed E-state index contributed by atoms with van der Waals surface area (Å²) >= 11 is 0. The van der Waals surface area contributed by atoms with Crippen LogP contribution >= 0.6 is 0 Å². The Kier molecular flexibility index (Phi) is 5.72. The van der Waals surface area contributed by atoms with E-state index >= 15 is 0 Å². The van der Waals surface area contributed by atoms with Gasteiger partial charge in [-0.2, -0.15) is 0 Å². The van der Waals surface area contributed by atoms with E-state index in [0.29, 0.717) is 6.42 Å². The van der Waals surface area contributed by atoms with Crippen molar-refractivity contribution in [3.8, 4) is 0 Å². The molecule has 0 saturated heterocycles. The third-order valence-electron chi connectivity index (χ3n) is 3.26. The van der Waals surface area contributed by atoms with Crippen molar-refractivity contribution in [1.82, 2.24) is 0 Å². The molecule has 1 heterocycles. The highest BCUT2D eigenvalue weighted by atomic mass is 16.6. The van der Waals surface area contributed by atoms with Gasteiger partial charge in [0.2, 0.25) is 0 Å². The largest absolute Gasteiger partial charge is 0.463 e. The molecule has 0 unspecified atom stereocenters. The molecule has 1 aromatic carbocycles. The Morgan fingerprint density at radius 3 is 2.45 bits per heavy atom. The molecule has 1 aliphatic rings. The fraction of sp³-hybridized carbons (Fsp3) is 0.412. The molecule has 118 valence electrons. The molecule has 3 atom stereocenters. The molecule has 0 spiro atoms. The minimum absolute atomic E-state index is 0.0584. The molecule has 22 heavy (non-hydrogen) atoms. The zero-order valence-electron chi connectivity index (χ0n) is 12.7. The lowest BCUT2D eigenvalue weighted by Crippen LogP contribution is -2.41. The lowest BCUT2D eigenvalue weighted by molar-refractivity contribution is -0.163. The second-order valence-corrected chi connectivity index (χ2v) is 5.16. The molecule has 0 amide bonds. The van der Waals surface area contributed by atoms with E-state index in [1.54, 1.807) is 6.08 Å². The predicted molar refractivity (Wildman–Crippen MR) is 80.1 cm³/mol. The van der Waals surface area contributed by atoms with Gasteiger partial charge in [0.15, 0.2) is 0 Å². The summed E-state index contributed by atoms with van der Waals surface area (Å²) in [6.07, 6.45) is 3.21. The van der Waals surface area contributed by atoms with Gasteiger partial charge in [-0.25, -0.2) is 0 Å². The Bertz CT molecular complexity index is 537. The van der Waals surface area contributed by atoms with Crippen LogP contribution in [0.5, 0.6) is 0 Å². The van der Waals surface area contributed by atoms with Gasteiger partial charge in [0, 0.05) is 20.3 Å². The summed E-state index contributed by atoms with van der Waals surface area (Å²) in [5, 5.41) is 0. The molecule has 0 saturated carbocycles. The monoisotopic (exact) mass is 304 g/mol. The van der Waals surface area contributed by atoms with Crippen molar-refractivity contribution in [1.29, 1.82) is 0 Å². The van der Waals surface area contributed by atoms with Gasteiger partial charge < -0.3 is 14.2 Å². The van der Waals surface area contributed by atoms with Crippen molar-refractivity contribution in [3.05, 3.63) is 48.0 Å². The standard InChI is InChI=1S/C17H20O5/c1-12(18)20-11-17-16(21-13(2)19)9-8-15(22-17)10-14-6-4-3-5-7-14/h3-9,15-17H,10-11H2,1-2H3/t15-,16-,17+/m0/s1. The fourth-order valence-electron chi connectivity index (χ4n) is 2.31. The molecule has 0 radical (unpaired) electrons. The van der Waals surface area contributed by atoms with E-state index < -0.39 is 18.2 Å². The Hall–Kier alpha value is -2.14. The van der Waals surface area contributed by atoms with Crippen LogP contribution in [0.2, 0.25) is 0 Å². The maximum Gasteiger partial charge on any atom is 0.303 e. The van der Waals surface area contributed by atoms with Gasteiger partial charge in [-0.3, -0.25) is 9.59 Å². The van der Waals surface area contributed by atoms with E-state index in [-0.39, 0.29) is 18.7 Å². The van der Waals surface area contributed by atoms with Crippen molar-refractivity contribution in [2.75, 3.05) is 6.61 Å². The Morgan fingerprint density at radius 1 is 1.09 bits per heavy atom. The first-order chi connectivity index (χ1) is 10.5. The van der Waals surface area contributed by atoms with Gasteiger partial charge in [-0.05, 0) is 11.6 Å². The summed E-state index contributed by atoms with van der Waals surface area (Å²) in [5.41, 5.74) is 1.15. The third-order valence-corrected chi connectivity index (χ3v) is 3.26. The first-order valence-corrected chi connectivity index (χ1v) is 7.23. The maximum absolute atomic E-state index is 11.1. The highest BCUT2D eigenvalue weighted by molar-refractivity contribution is 5.66. The van der Waals surface area contributed by atoms with Crippen LogP contribution in [0, 0.1) is 0 Å². The van der Waals surface area contributed by atoms with Crippen molar-refractivity contribution in [2.45, 2.75) is 38.6 Å². The molecule has 0 aliphatic carbocycles. The van der Waals surface area contributed by atoms with Crippen molar-refractivity contribution >= 4 is 11.9 Å². The van der Waals surface area contributed by atoms with Crippen LogP contribution in [0.15, 0.2) is 42.5 Å². The number of hydrogen-bond acceptors (Lipinski definition) is 5. The number of ether oxygens (including phenoxy) is 3.